The molecule has 6 heteroatoms. The quantitative estimate of drug-likeness (QED) is 0.501. The van der Waals surface area contributed by atoms with E-state index in [9.17, 15) is 9.59 Å². The van der Waals surface area contributed by atoms with Gasteiger partial charge in [0.25, 0.3) is 5.91 Å². The van der Waals surface area contributed by atoms with Crippen molar-refractivity contribution in [3.8, 4) is 0 Å². The minimum absolute atomic E-state index is 0.236. The summed E-state index contributed by atoms with van der Waals surface area (Å²) in [5.74, 6) is -0.416. The van der Waals surface area contributed by atoms with Crippen molar-refractivity contribution in [2.75, 3.05) is 0 Å². The predicted octanol–water partition coefficient (Wildman–Crippen LogP) is 0.323. The second-order valence-corrected chi connectivity index (χ2v) is 3.26. The first-order chi connectivity index (χ1) is 6.25. The van der Waals surface area contributed by atoms with Gasteiger partial charge in [-0.05, 0) is 0 Å². The van der Waals surface area contributed by atoms with Crippen LogP contribution in [0.5, 0.6) is 0 Å². The van der Waals surface area contributed by atoms with E-state index < -0.39 is 11.9 Å². The molecule has 0 unspecified atom stereocenters. The summed E-state index contributed by atoms with van der Waals surface area (Å²) in [6.07, 6.45) is 3.16. The fraction of sp³-hybridized carbons (Fsp3) is 0. The number of imide groups is 1. The van der Waals surface area contributed by atoms with Crippen molar-refractivity contribution in [2.45, 2.75) is 0 Å². The van der Waals surface area contributed by atoms with E-state index >= 15 is 0 Å². The summed E-state index contributed by atoms with van der Waals surface area (Å²) in [6.45, 7) is 0. The molecule has 0 aliphatic carbocycles. The van der Waals surface area contributed by atoms with Crippen LogP contribution in [0.3, 0.4) is 0 Å². The number of urea groups is 1. The molecule has 66 valence electrons. The SMILES string of the molecule is O=C1NC(=O)/C(=C/c2nccs2)N1. The Hall–Kier alpha value is -1.69. The number of thiazole rings is 1. The molecule has 0 spiro atoms. The number of amides is 3. The molecule has 0 radical (unpaired) electrons. The molecule has 13 heavy (non-hydrogen) atoms. The Morgan fingerprint density at radius 1 is 1.38 bits per heavy atom. The van der Waals surface area contributed by atoms with Gasteiger partial charge in [0.2, 0.25) is 0 Å². The largest absolute Gasteiger partial charge is 0.326 e. The summed E-state index contributed by atoms with van der Waals surface area (Å²) in [5.41, 5.74) is 0.236. The Balaban J connectivity index is 2.27. The molecular weight excluding hydrogens is 190 g/mol. The zero-order chi connectivity index (χ0) is 9.26. The lowest BCUT2D eigenvalue weighted by atomic mass is 10.4. The van der Waals surface area contributed by atoms with Crippen molar-refractivity contribution in [1.29, 1.82) is 0 Å². The minimum atomic E-state index is -0.493. The number of nitrogens with zero attached hydrogens (tertiary/aromatic N) is 1. The Bertz CT molecular complexity index is 382. The van der Waals surface area contributed by atoms with Gasteiger partial charge in [0.05, 0.1) is 0 Å². The lowest BCUT2D eigenvalue weighted by Gasteiger charge is -1.89. The maximum absolute atomic E-state index is 11.0. The van der Waals surface area contributed by atoms with Gasteiger partial charge in [-0.15, -0.1) is 11.3 Å². The van der Waals surface area contributed by atoms with Crippen molar-refractivity contribution in [3.63, 3.8) is 0 Å². The van der Waals surface area contributed by atoms with Crippen LogP contribution in [0, 0.1) is 0 Å². The lowest BCUT2D eigenvalue weighted by molar-refractivity contribution is -0.115. The molecule has 1 aromatic rings. The summed E-state index contributed by atoms with van der Waals surface area (Å²) < 4.78 is 0. The smallest absolute Gasteiger partial charge is 0.303 e. The Morgan fingerprint density at radius 3 is 2.77 bits per heavy atom. The van der Waals surface area contributed by atoms with Gasteiger partial charge < -0.3 is 5.32 Å². The normalized spacial score (nSPS) is 18.9. The number of hydrogen-bond donors (Lipinski definition) is 2. The average Bonchev–Trinajstić information content (AvgIpc) is 2.63. The van der Waals surface area contributed by atoms with Crippen molar-refractivity contribution in [1.82, 2.24) is 15.6 Å². The zero-order valence-corrected chi connectivity index (χ0v) is 7.22. The van der Waals surface area contributed by atoms with E-state index in [2.05, 4.69) is 15.6 Å². The maximum Gasteiger partial charge on any atom is 0.326 e. The first-order valence-electron chi connectivity index (χ1n) is 3.49. The molecule has 2 heterocycles. The fourth-order valence-corrected chi connectivity index (χ4v) is 1.48. The van der Waals surface area contributed by atoms with Crippen LogP contribution in [-0.4, -0.2) is 16.9 Å². The highest BCUT2D eigenvalue weighted by Gasteiger charge is 2.22. The summed E-state index contributed by atoms with van der Waals surface area (Å²) >= 11 is 1.39. The Kier molecular flexibility index (Phi) is 1.82. The van der Waals surface area contributed by atoms with Crippen LogP contribution in [0.1, 0.15) is 5.01 Å². The number of carbonyl (C=O) groups excluding carboxylic acids is 2. The first kappa shape index (κ1) is 7.93. The first-order valence-corrected chi connectivity index (χ1v) is 4.37. The molecule has 0 aromatic carbocycles. The van der Waals surface area contributed by atoms with Crippen molar-refractivity contribution >= 4 is 29.4 Å². The van der Waals surface area contributed by atoms with Crippen LogP contribution in [-0.2, 0) is 4.79 Å². The summed E-state index contributed by atoms with van der Waals surface area (Å²) in [7, 11) is 0. The third-order valence-corrected chi connectivity index (χ3v) is 2.16. The molecule has 1 fully saturated rings. The molecule has 2 rings (SSSR count). The van der Waals surface area contributed by atoms with Gasteiger partial charge in [-0.1, -0.05) is 0 Å². The highest BCUT2D eigenvalue weighted by Crippen LogP contribution is 2.10. The van der Waals surface area contributed by atoms with E-state index in [-0.39, 0.29) is 5.70 Å². The van der Waals surface area contributed by atoms with Crippen molar-refractivity contribution in [2.24, 2.45) is 0 Å². The van der Waals surface area contributed by atoms with E-state index in [4.69, 9.17) is 0 Å². The van der Waals surface area contributed by atoms with Gasteiger partial charge >= 0.3 is 6.03 Å². The molecule has 0 bridgehead atoms. The molecule has 2 N–H and O–H groups in total. The molecular formula is C7H5N3O2S. The molecule has 0 saturated carbocycles. The van der Waals surface area contributed by atoms with Gasteiger partial charge in [-0.3, -0.25) is 10.1 Å². The van der Waals surface area contributed by atoms with E-state index in [0.29, 0.717) is 5.01 Å². The van der Waals surface area contributed by atoms with Crippen LogP contribution in [0.2, 0.25) is 0 Å². The molecule has 0 atom stereocenters. The summed E-state index contributed by atoms with van der Waals surface area (Å²) in [5, 5.41) is 6.95. The number of nitrogens with one attached hydrogen (secondary N) is 2. The standard InChI is InChI=1S/C7H5N3O2S/c11-6-4(9-7(12)10-6)3-5-8-1-2-13-5/h1-3H,(H2,9,10,11,12)/b4-3-. The second-order valence-electron chi connectivity index (χ2n) is 2.34. The van der Waals surface area contributed by atoms with Crippen LogP contribution in [0.25, 0.3) is 6.08 Å². The number of hydrogen-bond acceptors (Lipinski definition) is 4. The summed E-state index contributed by atoms with van der Waals surface area (Å²) in [6, 6.07) is -0.493. The minimum Gasteiger partial charge on any atom is -0.303 e. The highest BCUT2D eigenvalue weighted by atomic mass is 32.1. The number of rotatable bonds is 1. The third-order valence-electron chi connectivity index (χ3n) is 1.44. The third kappa shape index (κ3) is 1.57. The molecule has 1 aliphatic heterocycles. The van der Waals surface area contributed by atoms with Crippen LogP contribution in [0.15, 0.2) is 17.3 Å². The summed E-state index contributed by atoms with van der Waals surface area (Å²) in [4.78, 5) is 25.7. The second kappa shape index (κ2) is 2.98. The Labute approximate surface area is 77.5 Å². The van der Waals surface area contributed by atoms with E-state index in [1.54, 1.807) is 11.6 Å². The number of aromatic nitrogens is 1. The van der Waals surface area contributed by atoms with Gasteiger partial charge in [-0.25, -0.2) is 9.78 Å². The lowest BCUT2D eigenvalue weighted by Crippen LogP contribution is -2.22. The molecule has 1 aromatic heterocycles. The topological polar surface area (TPSA) is 71.1 Å². The van der Waals surface area contributed by atoms with Gasteiger partial charge in [-0.2, -0.15) is 0 Å². The van der Waals surface area contributed by atoms with Crippen LogP contribution in [0.4, 0.5) is 4.79 Å². The molecule has 1 aliphatic rings. The van der Waals surface area contributed by atoms with Gasteiger partial charge in [0, 0.05) is 17.7 Å². The van der Waals surface area contributed by atoms with E-state index in [1.165, 1.54) is 17.4 Å². The van der Waals surface area contributed by atoms with Gasteiger partial charge in [0.15, 0.2) is 0 Å². The maximum atomic E-state index is 11.0. The van der Waals surface area contributed by atoms with E-state index in [0.717, 1.165) is 0 Å². The van der Waals surface area contributed by atoms with E-state index in [1.807, 2.05) is 0 Å². The monoisotopic (exact) mass is 195 g/mol. The average molecular weight is 195 g/mol. The predicted molar refractivity (Wildman–Crippen MR) is 46.8 cm³/mol. The van der Waals surface area contributed by atoms with Crippen molar-refractivity contribution in [3.05, 3.63) is 22.3 Å². The highest BCUT2D eigenvalue weighted by molar-refractivity contribution is 7.10. The Morgan fingerprint density at radius 2 is 2.23 bits per heavy atom. The van der Waals surface area contributed by atoms with Crippen LogP contribution < -0.4 is 10.6 Å². The molecule has 1 saturated heterocycles. The fourth-order valence-electron chi connectivity index (χ4n) is 0.912. The zero-order valence-electron chi connectivity index (χ0n) is 6.40. The van der Waals surface area contributed by atoms with Crippen LogP contribution >= 0.6 is 11.3 Å². The molecule has 3 amide bonds. The number of carbonyl (C=O) groups is 2. The van der Waals surface area contributed by atoms with Gasteiger partial charge in [0.1, 0.15) is 10.7 Å². The molecule has 5 nitrogen and oxygen atoms in total. The van der Waals surface area contributed by atoms with Crippen molar-refractivity contribution < 1.29 is 9.59 Å².